The number of primary amides is 1. The molecule has 0 aliphatic carbocycles. The van der Waals surface area contributed by atoms with E-state index in [1.165, 1.54) is 17.1 Å². The van der Waals surface area contributed by atoms with Crippen LogP contribution in [0.4, 0.5) is 9.93 Å². The van der Waals surface area contributed by atoms with E-state index in [0.717, 1.165) is 22.3 Å². The zero-order valence-corrected chi connectivity index (χ0v) is 17.8. The second-order valence-corrected chi connectivity index (χ2v) is 8.51. The molecule has 3 rings (SSSR count). The van der Waals surface area contributed by atoms with Crippen LogP contribution >= 0.6 is 23.1 Å². The summed E-state index contributed by atoms with van der Waals surface area (Å²) >= 11 is 2.22. The average molecular weight is 483 g/mol. The van der Waals surface area contributed by atoms with Crippen molar-refractivity contribution >= 4 is 63.6 Å². The summed E-state index contributed by atoms with van der Waals surface area (Å²) < 4.78 is 4.65. The Kier molecular flexibility index (Phi) is 6.69. The number of nitrogens with zero attached hydrogens (tertiary/aromatic N) is 2. The molecule has 2 aliphatic heterocycles. The van der Waals surface area contributed by atoms with Gasteiger partial charge in [0.05, 0.1) is 17.7 Å². The number of carbonyl (C=O) groups is 5. The van der Waals surface area contributed by atoms with E-state index in [2.05, 4.69) is 15.0 Å². The molecule has 0 spiro atoms. The van der Waals surface area contributed by atoms with Crippen LogP contribution in [0.1, 0.15) is 12.1 Å². The molecular formula is C17H17N5O8S2. The fraction of sp³-hybridized carbons (Fsp3) is 0.294. The Morgan fingerprint density at radius 1 is 1.34 bits per heavy atom. The molecule has 15 heteroatoms. The lowest BCUT2D eigenvalue weighted by Crippen LogP contribution is -2.70. The van der Waals surface area contributed by atoms with Gasteiger partial charge in [-0.3, -0.25) is 19.3 Å². The van der Waals surface area contributed by atoms with Crippen molar-refractivity contribution in [3.8, 4) is 0 Å². The number of rotatable bonds is 8. The third-order valence-electron chi connectivity index (χ3n) is 4.45. The standard InChI is InChI=1S/C17H17N5O8S2/c18-16-20-8(5-32-16)7(1-2-9(23)24)12(25)21-10-13(26)22-11(15(27)28)6(3-30-17(19)29)4-31-14(10)22/h1,5,10,14H,2-4H2,(H2,18,20)(H2,19,29)(H,21,25)(H,23,24)(H,27,28)/t10-,14-/m1/s1. The number of β-lactam (4-membered cyclic amide) rings is 1. The first-order chi connectivity index (χ1) is 15.1. The third-order valence-corrected chi connectivity index (χ3v) is 6.46. The number of amides is 3. The number of carbonyl (C=O) groups excluding carboxylic acids is 3. The van der Waals surface area contributed by atoms with Gasteiger partial charge in [-0.2, -0.15) is 0 Å². The Bertz CT molecular complexity index is 1070. The average Bonchev–Trinajstić information content (AvgIpc) is 3.15. The molecule has 0 radical (unpaired) electrons. The zero-order valence-electron chi connectivity index (χ0n) is 16.1. The van der Waals surface area contributed by atoms with Gasteiger partial charge in [-0.1, -0.05) is 6.08 Å². The van der Waals surface area contributed by atoms with Gasteiger partial charge in [0.2, 0.25) is 0 Å². The number of hydrogen-bond donors (Lipinski definition) is 5. The highest BCUT2D eigenvalue weighted by atomic mass is 32.2. The smallest absolute Gasteiger partial charge is 0.404 e. The van der Waals surface area contributed by atoms with E-state index in [0.29, 0.717) is 0 Å². The highest BCUT2D eigenvalue weighted by Crippen LogP contribution is 2.40. The lowest BCUT2D eigenvalue weighted by molar-refractivity contribution is -0.150. The third kappa shape index (κ3) is 4.67. The number of nitrogens with two attached hydrogens (primary N) is 2. The highest BCUT2D eigenvalue weighted by Gasteiger charge is 2.54. The lowest BCUT2D eigenvalue weighted by atomic mass is 10.0. The topological polar surface area (TPSA) is 215 Å². The SMILES string of the molecule is NC(=O)OCC1=C(C(=O)O)N2C(=O)[C@@H](NC(=O)C(=CCC(=O)O)c3csc(N)n3)[C@H]2SC1. The van der Waals surface area contributed by atoms with Crippen LogP contribution in [0.15, 0.2) is 22.7 Å². The lowest BCUT2D eigenvalue weighted by Gasteiger charge is -2.49. The molecule has 1 saturated heterocycles. The number of thiazole rings is 1. The molecule has 13 nitrogen and oxygen atoms in total. The van der Waals surface area contributed by atoms with Gasteiger partial charge in [-0.25, -0.2) is 14.6 Å². The normalized spacial score (nSPS) is 20.3. The second kappa shape index (κ2) is 9.27. The van der Waals surface area contributed by atoms with E-state index in [1.54, 1.807) is 0 Å². The molecule has 32 heavy (non-hydrogen) atoms. The minimum atomic E-state index is -1.39. The first kappa shape index (κ1) is 23.1. The van der Waals surface area contributed by atoms with E-state index in [9.17, 15) is 29.1 Å². The van der Waals surface area contributed by atoms with Gasteiger partial charge in [0.1, 0.15) is 23.7 Å². The van der Waals surface area contributed by atoms with Gasteiger partial charge < -0.3 is 31.7 Å². The maximum Gasteiger partial charge on any atom is 0.404 e. The quantitative estimate of drug-likeness (QED) is 0.233. The van der Waals surface area contributed by atoms with Gasteiger partial charge in [0, 0.05) is 16.7 Å². The number of carboxylic acid groups (broad SMARTS) is 2. The molecular weight excluding hydrogens is 466 g/mol. The van der Waals surface area contributed by atoms with E-state index >= 15 is 0 Å². The molecule has 0 aromatic carbocycles. The molecule has 0 bridgehead atoms. The van der Waals surface area contributed by atoms with Gasteiger partial charge in [-0.05, 0) is 0 Å². The molecule has 1 aromatic heterocycles. The molecule has 2 aliphatic rings. The summed E-state index contributed by atoms with van der Waals surface area (Å²) in [6.07, 6.45) is -0.390. The van der Waals surface area contributed by atoms with Crippen molar-refractivity contribution in [2.45, 2.75) is 17.8 Å². The van der Waals surface area contributed by atoms with Crippen LogP contribution < -0.4 is 16.8 Å². The summed E-state index contributed by atoms with van der Waals surface area (Å²) in [5.41, 5.74) is 10.4. The maximum absolute atomic E-state index is 12.8. The molecule has 0 unspecified atom stereocenters. The fourth-order valence-corrected chi connectivity index (χ4v) is 4.98. The molecule has 3 amide bonds. The van der Waals surface area contributed by atoms with E-state index in [4.69, 9.17) is 16.6 Å². The second-order valence-electron chi connectivity index (χ2n) is 6.51. The van der Waals surface area contributed by atoms with Crippen molar-refractivity contribution in [2.75, 3.05) is 18.1 Å². The largest absolute Gasteiger partial charge is 0.481 e. The van der Waals surface area contributed by atoms with Crippen LogP contribution in [0.3, 0.4) is 0 Å². The summed E-state index contributed by atoms with van der Waals surface area (Å²) in [4.78, 5) is 64.0. The Labute approximate surface area is 188 Å². The summed E-state index contributed by atoms with van der Waals surface area (Å²) in [6.45, 7) is -0.384. The first-order valence-electron chi connectivity index (χ1n) is 8.86. The number of carboxylic acids is 2. The number of anilines is 1. The van der Waals surface area contributed by atoms with Crippen molar-refractivity contribution in [3.05, 3.63) is 28.4 Å². The summed E-state index contributed by atoms with van der Waals surface area (Å²) in [5, 5.41) is 21.9. The maximum atomic E-state index is 12.8. The van der Waals surface area contributed by atoms with Crippen LogP contribution in [-0.4, -0.2) is 73.7 Å². The number of nitrogens with one attached hydrogen (secondary N) is 1. The van der Waals surface area contributed by atoms with Crippen molar-refractivity contribution < 1.29 is 38.9 Å². The Morgan fingerprint density at radius 3 is 2.62 bits per heavy atom. The molecule has 1 aromatic rings. The van der Waals surface area contributed by atoms with Crippen molar-refractivity contribution in [3.63, 3.8) is 0 Å². The van der Waals surface area contributed by atoms with Crippen LogP contribution in [0.25, 0.3) is 5.57 Å². The minimum absolute atomic E-state index is 0.0723. The molecule has 3 heterocycles. The van der Waals surface area contributed by atoms with E-state index in [-0.39, 0.29) is 40.0 Å². The van der Waals surface area contributed by atoms with E-state index in [1.807, 2.05) is 0 Å². The van der Waals surface area contributed by atoms with Crippen LogP contribution in [-0.2, 0) is 23.9 Å². The summed E-state index contributed by atoms with van der Waals surface area (Å²) in [5.74, 6) is -3.87. The summed E-state index contributed by atoms with van der Waals surface area (Å²) in [6, 6.07) is -1.05. The van der Waals surface area contributed by atoms with Crippen molar-refractivity contribution in [2.24, 2.45) is 5.73 Å². The Morgan fingerprint density at radius 2 is 2.06 bits per heavy atom. The monoisotopic (exact) mass is 483 g/mol. The van der Waals surface area contributed by atoms with Gasteiger partial charge in [0.25, 0.3) is 11.8 Å². The highest BCUT2D eigenvalue weighted by molar-refractivity contribution is 8.00. The van der Waals surface area contributed by atoms with Crippen LogP contribution in [0, 0.1) is 0 Å². The number of nitrogen functional groups attached to an aromatic ring is 1. The Hall–Kier alpha value is -3.59. The summed E-state index contributed by atoms with van der Waals surface area (Å²) in [7, 11) is 0. The number of aliphatic carboxylic acids is 2. The number of aromatic nitrogens is 1. The van der Waals surface area contributed by atoms with Crippen LogP contribution in [0.5, 0.6) is 0 Å². The molecule has 1 fully saturated rings. The van der Waals surface area contributed by atoms with Crippen molar-refractivity contribution in [1.29, 1.82) is 0 Å². The minimum Gasteiger partial charge on any atom is -0.481 e. The predicted molar refractivity (Wildman–Crippen MR) is 112 cm³/mol. The number of fused-ring (bicyclic) bond motifs is 1. The molecule has 7 N–H and O–H groups in total. The first-order valence-corrected chi connectivity index (χ1v) is 10.8. The number of hydrogen-bond acceptors (Lipinski definition) is 10. The van der Waals surface area contributed by atoms with Crippen molar-refractivity contribution in [1.82, 2.24) is 15.2 Å². The van der Waals surface area contributed by atoms with Gasteiger partial charge in [-0.15, -0.1) is 23.1 Å². The fourth-order valence-electron chi connectivity index (χ4n) is 3.09. The van der Waals surface area contributed by atoms with Gasteiger partial charge in [0.15, 0.2) is 5.13 Å². The van der Waals surface area contributed by atoms with Gasteiger partial charge >= 0.3 is 18.0 Å². The molecule has 0 saturated carbocycles. The Balaban J connectivity index is 1.79. The zero-order chi connectivity index (χ0) is 23.6. The van der Waals surface area contributed by atoms with E-state index < -0.39 is 47.7 Å². The van der Waals surface area contributed by atoms with Crippen LogP contribution in [0.2, 0.25) is 0 Å². The number of ether oxygens (including phenoxy) is 1. The number of thioether (sulfide) groups is 1. The predicted octanol–water partition coefficient (Wildman–Crippen LogP) is -0.583. The molecule has 2 atom stereocenters. The molecule has 170 valence electrons.